The van der Waals surface area contributed by atoms with E-state index >= 15 is 0 Å². The molecule has 0 bridgehead atoms. The van der Waals surface area contributed by atoms with Crippen LogP contribution in [-0.4, -0.2) is 10.3 Å². The minimum atomic E-state index is 0.176. The predicted molar refractivity (Wildman–Crippen MR) is 100 cm³/mol. The van der Waals surface area contributed by atoms with Gasteiger partial charge in [-0.1, -0.05) is 42.5 Å². The predicted octanol–water partition coefficient (Wildman–Crippen LogP) is 4.58. The summed E-state index contributed by atoms with van der Waals surface area (Å²) in [6, 6.07) is 16.9. The average molecular weight is 333 g/mol. The number of rotatable bonds is 3. The molecule has 3 heteroatoms. The SMILES string of the molecule is O=c1cc(Cc2cccc3ccccc23)c(C2CC2)c2n1CCS2. The van der Waals surface area contributed by atoms with Crippen molar-refractivity contribution in [2.24, 2.45) is 0 Å². The van der Waals surface area contributed by atoms with Crippen LogP contribution in [0.25, 0.3) is 10.8 Å². The highest BCUT2D eigenvalue weighted by Crippen LogP contribution is 2.47. The monoisotopic (exact) mass is 333 g/mol. The third-order valence-electron chi connectivity index (χ3n) is 5.19. The molecule has 0 N–H and O–H groups in total. The Morgan fingerprint density at radius 3 is 2.75 bits per heavy atom. The van der Waals surface area contributed by atoms with Crippen LogP contribution in [0.4, 0.5) is 0 Å². The van der Waals surface area contributed by atoms with Gasteiger partial charge < -0.3 is 4.57 Å². The molecule has 1 fully saturated rings. The second-order valence-corrected chi connectivity index (χ2v) is 7.90. The highest BCUT2D eigenvalue weighted by atomic mass is 32.2. The van der Waals surface area contributed by atoms with Crippen LogP contribution in [-0.2, 0) is 13.0 Å². The first-order valence-corrected chi connectivity index (χ1v) is 9.66. The molecule has 24 heavy (non-hydrogen) atoms. The number of benzene rings is 2. The van der Waals surface area contributed by atoms with Crippen LogP contribution >= 0.6 is 11.8 Å². The van der Waals surface area contributed by atoms with Crippen LogP contribution in [0.5, 0.6) is 0 Å². The van der Waals surface area contributed by atoms with Gasteiger partial charge in [0, 0.05) is 18.4 Å². The highest BCUT2D eigenvalue weighted by Gasteiger charge is 2.32. The van der Waals surface area contributed by atoms with Crippen LogP contribution in [0.1, 0.15) is 35.4 Å². The van der Waals surface area contributed by atoms with E-state index in [2.05, 4.69) is 42.5 Å². The van der Waals surface area contributed by atoms with E-state index in [0.717, 1.165) is 18.7 Å². The Morgan fingerprint density at radius 2 is 1.88 bits per heavy atom. The fourth-order valence-electron chi connectivity index (χ4n) is 3.90. The Hall–Kier alpha value is -2.00. The van der Waals surface area contributed by atoms with E-state index in [1.54, 1.807) is 0 Å². The molecular formula is C21H19NOS. The largest absolute Gasteiger partial charge is 0.302 e. The van der Waals surface area contributed by atoms with Crippen LogP contribution < -0.4 is 5.56 Å². The zero-order chi connectivity index (χ0) is 16.1. The Balaban J connectivity index is 1.67. The lowest BCUT2D eigenvalue weighted by Gasteiger charge is -2.15. The van der Waals surface area contributed by atoms with Crippen molar-refractivity contribution in [3.63, 3.8) is 0 Å². The van der Waals surface area contributed by atoms with Crippen LogP contribution in [0.2, 0.25) is 0 Å². The molecule has 0 atom stereocenters. The van der Waals surface area contributed by atoms with Crippen molar-refractivity contribution in [2.75, 3.05) is 5.75 Å². The standard InChI is InChI=1S/C21H19NOS/c23-19-13-17(20(15-8-9-15)21-22(19)10-11-24-21)12-16-6-3-5-14-4-1-2-7-18(14)16/h1-7,13,15H,8-12H2. The molecule has 1 aromatic heterocycles. The van der Waals surface area contributed by atoms with E-state index in [1.165, 1.54) is 45.3 Å². The first-order valence-electron chi connectivity index (χ1n) is 8.67. The highest BCUT2D eigenvalue weighted by molar-refractivity contribution is 7.99. The second-order valence-electron chi connectivity index (χ2n) is 6.82. The summed E-state index contributed by atoms with van der Waals surface area (Å²) in [5.74, 6) is 1.70. The van der Waals surface area contributed by atoms with Crippen molar-refractivity contribution in [1.82, 2.24) is 4.57 Å². The molecule has 2 nitrogen and oxygen atoms in total. The van der Waals surface area contributed by atoms with E-state index in [4.69, 9.17) is 0 Å². The lowest BCUT2D eigenvalue weighted by molar-refractivity contribution is 0.672. The number of fused-ring (bicyclic) bond motifs is 2. The summed E-state index contributed by atoms with van der Waals surface area (Å²) >= 11 is 1.87. The van der Waals surface area contributed by atoms with E-state index in [0.29, 0.717) is 5.92 Å². The third kappa shape index (κ3) is 2.30. The van der Waals surface area contributed by atoms with Gasteiger partial charge in [-0.2, -0.15) is 0 Å². The summed E-state index contributed by atoms with van der Waals surface area (Å²) in [5, 5.41) is 3.82. The van der Waals surface area contributed by atoms with Gasteiger partial charge in [0.15, 0.2) is 0 Å². The van der Waals surface area contributed by atoms with Crippen molar-refractivity contribution in [2.45, 2.75) is 36.8 Å². The Morgan fingerprint density at radius 1 is 1.04 bits per heavy atom. The zero-order valence-corrected chi connectivity index (χ0v) is 14.3. The molecule has 120 valence electrons. The number of hydrogen-bond acceptors (Lipinski definition) is 2. The van der Waals surface area contributed by atoms with E-state index in [9.17, 15) is 4.79 Å². The van der Waals surface area contributed by atoms with E-state index in [1.807, 2.05) is 22.4 Å². The molecule has 2 heterocycles. The number of aromatic nitrogens is 1. The van der Waals surface area contributed by atoms with Crippen LogP contribution in [0, 0.1) is 0 Å². The fourth-order valence-corrected chi connectivity index (χ4v) is 5.15. The summed E-state index contributed by atoms with van der Waals surface area (Å²) in [4.78, 5) is 12.5. The molecule has 1 aliphatic carbocycles. The maximum Gasteiger partial charge on any atom is 0.251 e. The lowest BCUT2D eigenvalue weighted by atomic mass is 9.95. The maximum absolute atomic E-state index is 12.5. The van der Waals surface area contributed by atoms with Crippen molar-refractivity contribution < 1.29 is 0 Å². The van der Waals surface area contributed by atoms with Gasteiger partial charge in [-0.05, 0) is 52.6 Å². The fraction of sp³-hybridized carbons (Fsp3) is 0.286. The van der Waals surface area contributed by atoms with Gasteiger partial charge in [-0.25, -0.2) is 0 Å². The summed E-state index contributed by atoms with van der Waals surface area (Å²) in [6.07, 6.45) is 3.40. The topological polar surface area (TPSA) is 22.0 Å². The van der Waals surface area contributed by atoms with Gasteiger partial charge in [0.2, 0.25) is 0 Å². The molecule has 0 spiro atoms. The molecule has 0 radical (unpaired) electrons. The molecule has 2 aromatic carbocycles. The summed E-state index contributed by atoms with van der Waals surface area (Å²) in [6.45, 7) is 0.868. The number of nitrogens with zero attached hydrogens (tertiary/aromatic N) is 1. The van der Waals surface area contributed by atoms with Gasteiger partial charge in [0.1, 0.15) is 0 Å². The van der Waals surface area contributed by atoms with Crippen LogP contribution in [0.3, 0.4) is 0 Å². The van der Waals surface area contributed by atoms with Gasteiger partial charge in [-0.3, -0.25) is 4.79 Å². The van der Waals surface area contributed by atoms with E-state index < -0.39 is 0 Å². The van der Waals surface area contributed by atoms with E-state index in [-0.39, 0.29) is 5.56 Å². The average Bonchev–Trinajstić information content (AvgIpc) is 3.31. The maximum atomic E-state index is 12.5. The molecule has 0 saturated heterocycles. The minimum absolute atomic E-state index is 0.176. The summed E-state index contributed by atoms with van der Waals surface area (Å²) in [7, 11) is 0. The van der Waals surface area contributed by atoms with Crippen molar-refractivity contribution in [1.29, 1.82) is 0 Å². The molecule has 3 aromatic rings. The number of pyridine rings is 1. The van der Waals surface area contributed by atoms with Crippen molar-refractivity contribution in [3.05, 3.63) is 75.6 Å². The van der Waals surface area contributed by atoms with Gasteiger partial charge in [-0.15, -0.1) is 11.8 Å². The third-order valence-corrected chi connectivity index (χ3v) is 6.29. The van der Waals surface area contributed by atoms with Crippen LogP contribution in [0.15, 0.2) is 58.4 Å². The Kier molecular flexibility index (Phi) is 3.30. The number of thioether (sulfide) groups is 1. The summed E-state index contributed by atoms with van der Waals surface area (Å²) in [5.41, 5.74) is 4.21. The molecule has 0 amide bonds. The molecular weight excluding hydrogens is 314 g/mol. The first-order chi connectivity index (χ1) is 11.8. The molecule has 2 aliphatic rings. The Labute approximate surface area is 145 Å². The molecule has 1 aliphatic heterocycles. The van der Waals surface area contributed by atoms with Gasteiger partial charge in [0.05, 0.1) is 5.03 Å². The second kappa shape index (κ2) is 5.52. The molecule has 5 rings (SSSR count). The van der Waals surface area contributed by atoms with Crippen molar-refractivity contribution >= 4 is 22.5 Å². The molecule has 0 unspecified atom stereocenters. The first kappa shape index (κ1) is 14.4. The Bertz CT molecular complexity index is 995. The molecule has 1 saturated carbocycles. The van der Waals surface area contributed by atoms with Gasteiger partial charge in [0.25, 0.3) is 5.56 Å². The van der Waals surface area contributed by atoms with Crippen molar-refractivity contribution in [3.8, 4) is 0 Å². The number of hydrogen-bond donors (Lipinski definition) is 0. The van der Waals surface area contributed by atoms with Gasteiger partial charge >= 0.3 is 0 Å². The summed E-state index contributed by atoms with van der Waals surface area (Å²) < 4.78 is 1.99. The minimum Gasteiger partial charge on any atom is -0.302 e. The normalized spacial score (nSPS) is 16.5. The lowest BCUT2D eigenvalue weighted by Crippen LogP contribution is -2.21. The zero-order valence-electron chi connectivity index (χ0n) is 13.5. The smallest absolute Gasteiger partial charge is 0.251 e. The quantitative estimate of drug-likeness (QED) is 0.700.